The van der Waals surface area contributed by atoms with Gasteiger partial charge in [-0.05, 0) is 61.0 Å². The van der Waals surface area contributed by atoms with E-state index in [-0.39, 0.29) is 17.1 Å². The van der Waals surface area contributed by atoms with Gasteiger partial charge in [-0.25, -0.2) is 4.98 Å². The predicted octanol–water partition coefficient (Wildman–Crippen LogP) is 8.53. The molecule has 2 N–H and O–H groups in total. The van der Waals surface area contributed by atoms with Gasteiger partial charge in [0.05, 0.1) is 16.0 Å². The molecule has 4 rings (SSSR count). The number of halogens is 3. The monoisotopic (exact) mass is 575 g/mol. The van der Waals surface area contributed by atoms with Crippen LogP contribution in [0.4, 0.5) is 10.8 Å². The fourth-order valence-electron chi connectivity index (χ4n) is 3.30. The second kappa shape index (κ2) is 12.1. The number of carbonyl (C=O) groups is 2. The van der Waals surface area contributed by atoms with Crippen LogP contribution in [0.25, 0.3) is 11.3 Å². The topological polar surface area (TPSA) is 71.1 Å². The number of benzene rings is 3. The van der Waals surface area contributed by atoms with Crippen LogP contribution in [-0.2, 0) is 4.79 Å². The molecule has 0 spiro atoms. The van der Waals surface area contributed by atoms with Crippen molar-refractivity contribution >= 4 is 80.5 Å². The molecule has 1 heterocycles. The molecule has 0 aliphatic carbocycles. The fraction of sp³-hybridized carbons (Fsp3) is 0.115. The molecular formula is C26H20Cl3N3O2S2. The third kappa shape index (κ3) is 6.81. The van der Waals surface area contributed by atoms with Gasteiger partial charge in [-0.1, -0.05) is 53.9 Å². The number of hydrogen-bond donors (Lipinski definition) is 2. The van der Waals surface area contributed by atoms with Crippen molar-refractivity contribution in [1.29, 1.82) is 0 Å². The number of thioether (sulfide) groups is 1. The Bertz CT molecular complexity index is 1410. The Kier molecular flexibility index (Phi) is 8.93. The highest BCUT2D eigenvalue weighted by atomic mass is 35.5. The lowest BCUT2D eigenvalue weighted by Crippen LogP contribution is -2.24. The predicted molar refractivity (Wildman–Crippen MR) is 152 cm³/mol. The first-order valence-corrected chi connectivity index (χ1v) is 13.8. The second-order valence-electron chi connectivity index (χ2n) is 7.66. The minimum absolute atomic E-state index is 0.154. The molecule has 1 atom stereocenters. The number of rotatable bonds is 8. The molecule has 5 nitrogen and oxygen atoms in total. The Morgan fingerprint density at radius 3 is 2.50 bits per heavy atom. The number of amides is 2. The van der Waals surface area contributed by atoms with Crippen molar-refractivity contribution in [3.05, 3.63) is 92.7 Å². The summed E-state index contributed by atoms with van der Waals surface area (Å²) in [6.45, 7) is 1.95. The van der Waals surface area contributed by atoms with E-state index in [2.05, 4.69) is 15.6 Å². The van der Waals surface area contributed by atoms with Gasteiger partial charge in [-0.3, -0.25) is 9.59 Å². The van der Waals surface area contributed by atoms with Crippen LogP contribution in [0.5, 0.6) is 0 Å². The number of carbonyl (C=O) groups excluding carboxylic acids is 2. The Morgan fingerprint density at radius 1 is 0.972 bits per heavy atom. The van der Waals surface area contributed by atoms with Crippen LogP contribution in [0.2, 0.25) is 15.1 Å². The smallest absolute Gasteiger partial charge is 0.255 e. The average molecular weight is 577 g/mol. The van der Waals surface area contributed by atoms with Crippen LogP contribution in [-0.4, -0.2) is 22.0 Å². The molecule has 0 saturated carbocycles. The van der Waals surface area contributed by atoms with Crippen LogP contribution >= 0.6 is 57.9 Å². The van der Waals surface area contributed by atoms with Gasteiger partial charge < -0.3 is 10.6 Å². The van der Waals surface area contributed by atoms with Gasteiger partial charge >= 0.3 is 0 Å². The van der Waals surface area contributed by atoms with E-state index >= 15 is 0 Å². The lowest BCUT2D eigenvalue weighted by Gasteiger charge is -2.14. The summed E-state index contributed by atoms with van der Waals surface area (Å²) in [6, 6.07) is 19.3. The van der Waals surface area contributed by atoms with Crippen molar-refractivity contribution in [3.63, 3.8) is 0 Å². The van der Waals surface area contributed by atoms with Gasteiger partial charge in [0.15, 0.2) is 5.13 Å². The molecule has 10 heteroatoms. The molecule has 0 aliphatic heterocycles. The summed E-state index contributed by atoms with van der Waals surface area (Å²) in [6.07, 6.45) is 0.608. The third-order valence-corrected chi connectivity index (χ3v) is 7.96. The Morgan fingerprint density at radius 2 is 1.75 bits per heavy atom. The summed E-state index contributed by atoms with van der Waals surface area (Å²) < 4.78 is 0. The maximum Gasteiger partial charge on any atom is 0.255 e. The number of nitrogens with one attached hydrogen (secondary N) is 2. The first-order valence-electron chi connectivity index (χ1n) is 10.9. The first-order chi connectivity index (χ1) is 17.3. The van der Waals surface area contributed by atoms with E-state index in [9.17, 15) is 9.59 Å². The maximum atomic E-state index is 13.0. The van der Waals surface area contributed by atoms with Gasteiger partial charge in [-0.2, -0.15) is 0 Å². The molecule has 3 aromatic carbocycles. The summed E-state index contributed by atoms with van der Waals surface area (Å²) in [4.78, 5) is 30.9. The van der Waals surface area contributed by atoms with E-state index < -0.39 is 0 Å². The zero-order valence-electron chi connectivity index (χ0n) is 18.9. The molecule has 36 heavy (non-hydrogen) atoms. The van der Waals surface area contributed by atoms with E-state index in [1.54, 1.807) is 48.5 Å². The first kappa shape index (κ1) is 26.5. The highest BCUT2D eigenvalue weighted by Crippen LogP contribution is 2.33. The Labute approximate surface area is 232 Å². The van der Waals surface area contributed by atoms with Gasteiger partial charge in [-0.15, -0.1) is 23.1 Å². The van der Waals surface area contributed by atoms with Crippen LogP contribution in [0.3, 0.4) is 0 Å². The van der Waals surface area contributed by atoms with Gasteiger partial charge in [0.2, 0.25) is 5.91 Å². The Hall–Kier alpha value is -2.55. The molecule has 1 aromatic heterocycles. The van der Waals surface area contributed by atoms with E-state index in [0.29, 0.717) is 43.6 Å². The largest absolute Gasteiger partial charge is 0.322 e. The number of hydrogen-bond acceptors (Lipinski definition) is 5. The number of anilines is 2. The van der Waals surface area contributed by atoms with Crippen molar-refractivity contribution in [2.45, 2.75) is 23.5 Å². The van der Waals surface area contributed by atoms with Gasteiger partial charge in [0.1, 0.15) is 0 Å². The number of nitrogens with zero attached hydrogens (tertiary/aromatic N) is 1. The van der Waals surface area contributed by atoms with E-state index in [1.165, 1.54) is 23.1 Å². The van der Waals surface area contributed by atoms with Gasteiger partial charge in [0.25, 0.3) is 5.91 Å². The van der Waals surface area contributed by atoms with E-state index in [1.807, 2.05) is 30.5 Å². The minimum Gasteiger partial charge on any atom is -0.322 e. The molecule has 0 radical (unpaired) electrons. The molecule has 4 aromatic rings. The number of aromatic nitrogens is 1. The molecule has 0 fully saturated rings. The van der Waals surface area contributed by atoms with Crippen LogP contribution in [0.15, 0.2) is 77.0 Å². The molecule has 0 bridgehead atoms. The van der Waals surface area contributed by atoms with Crippen molar-refractivity contribution in [2.24, 2.45) is 0 Å². The van der Waals surface area contributed by atoms with Crippen LogP contribution < -0.4 is 10.6 Å². The standard InChI is InChI=1S/C26H20Cl3N3O2S2/c1-2-23(25(34)32-26-31-22(14-35-26)20-10-9-17(28)12-21(20)29)36-19-8-4-7-18(13-19)30-24(33)15-5-3-6-16(27)11-15/h3-14,23H,2H2,1H3,(H,30,33)(H,31,32,34). The molecule has 0 saturated heterocycles. The summed E-state index contributed by atoms with van der Waals surface area (Å²) in [7, 11) is 0. The quantitative estimate of drug-likeness (QED) is 0.206. The Balaban J connectivity index is 1.41. The summed E-state index contributed by atoms with van der Waals surface area (Å²) in [5, 5.41) is 9.29. The normalized spacial score (nSPS) is 11.7. The molecule has 1 unspecified atom stereocenters. The second-order valence-corrected chi connectivity index (χ2v) is 11.1. The van der Waals surface area contributed by atoms with Gasteiger partial charge in [0, 0.05) is 37.1 Å². The van der Waals surface area contributed by atoms with E-state index in [0.717, 1.165) is 10.5 Å². The van der Waals surface area contributed by atoms with Crippen LogP contribution in [0, 0.1) is 0 Å². The fourth-order valence-corrected chi connectivity index (χ4v) is 5.73. The van der Waals surface area contributed by atoms with Crippen molar-refractivity contribution < 1.29 is 9.59 Å². The molecule has 2 amide bonds. The zero-order valence-corrected chi connectivity index (χ0v) is 22.8. The summed E-state index contributed by atoms with van der Waals surface area (Å²) in [5.74, 6) is -0.413. The van der Waals surface area contributed by atoms with Crippen molar-refractivity contribution in [1.82, 2.24) is 4.98 Å². The third-order valence-electron chi connectivity index (χ3n) is 5.06. The molecule has 0 aliphatic rings. The lowest BCUT2D eigenvalue weighted by molar-refractivity contribution is -0.115. The zero-order chi connectivity index (χ0) is 25.7. The molecular weight excluding hydrogens is 557 g/mol. The average Bonchev–Trinajstić information content (AvgIpc) is 3.30. The minimum atomic E-state index is -0.352. The van der Waals surface area contributed by atoms with Crippen LogP contribution in [0.1, 0.15) is 23.7 Å². The maximum absolute atomic E-state index is 13.0. The highest BCUT2D eigenvalue weighted by Gasteiger charge is 2.20. The molecule has 184 valence electrons. The lowest BCUT2D eigenvalue weighted by atomic mass is 10.2. The van der Waals surface area contributed by atoms with E-state index in [4.69, 9.17) is 34.8 Å². The summed E-state index contributed by atoms with van der Waals surface area (Å²) >= 11 is 21.0. The van der Waals surface area contributed by atoms with Crippen molar-refractivity contribution in [3.8, 4) is 11.3 Å². The summed E-state index contributed by atoms with van der Waals surface area (Å²) in [5.41, 5.74) is 2.51. The highest BCUT2D eigenvalue weighted by molar-refractivity contribution is 8.00. The van der Waals surface area contributed by atoms with Crippen molar-refractivity contribution in [2.75, 3.05) is 10.6 Å². The number of thiazole rings is 1. The SMILES string of the molecule is CCC(Sc1cccc(NC(=O)c2cccc(Cl)c2)c1)C(=O)Nc1nc(-c2ccc(Cl)cc2Cl)cs1.